The molecule has 0 aliphatic carbocycles. The Labute approximate surface area is 179 Å². The predicted octanol–water partition coefficient (Wildman–Crippen LogP) is 7.56. The summed E-state index contributed by atoms with van der Waals surface area (Å²) in [6, 6.07) is 21.9. The number of hydrogen-bond donors (Lipinski definition) is 1. The van der Waals surface area contributed by atoms with Crippen LogP contribution in [0.2, 0.25) is 5.02 Å². The monoisotopic (exact) mass is 420 g/mol. The number of thiazole rings is 1. The van der Waals surface area contributed by atoms with Gasteiger partial charge in [0.2, 0.25) is 0 Å². The molecule has 0 spiro atoms. The van der Waals surface area contributed by atoms with Crippen LogP contribution < -0.4 is 4.90 Å². The second-order valence-corrected chi connectivity index (χ2v) is 8.49. The van der Waals surface area contributed by atoms with E-state index >= 15 is 0 Å². The second-order valence-electron chi connectivity index (χ2n) is 7.08. The molecule has 1 aromatic heterocycles. The second kappa shape index (κ2) is 7.90. The van der Waals surface area contributed by atoms with Gasteiger partial charge in [0, 0.05) is 16.4 Å². The van der Waals surface area contributed by atoms with Crippen LogP contribution in [0, 0.1) is 20.8 Å². The Morgan fingerprint density at radius 1 is 0.828 bits per heavy atom. The van der Waals surface area contributed by atoms with Crippen LogP contribution in [-0.2, 0) is 0 Å². The largest absolute Gasteiger partial charge is 0.507 e. The molecular formula is C24H21ClN2OS. The first-order chi connectivity index (χ1) is 13.9. The summed E-state index contributed by atoms with van der Waals surface area (Å²) in [5, 5.41) is 12.6. The van der Waals surface area contributed by atoms with Crippen LogP contribution in [-0.4, -0.2) is 10.1 Å². The Bertz CT molecular complexity index is 1110. The third-order valence-corrected chi connectivity index (χ3v) is 6.16. The fraction of sp³-hybridized carbons (Fsp3) is 0.125. The summed E-state index contributed by atoms with van der Waals surface area (Å²) in [4.78, 5) is 6.95. The summed E-state index contributed by atoms with van der Waals surface area (Å²) in [6.45, 7) is 6.16. The maximum Gasteiger partial charge on any atom is 0.129 e. The van der Waals surface area contributed by atoms with Gasteiger partial charge >= 0.3 is 0 Å². The van der Waals surface area contributed by atoms with E-state index in [2.05, 4.69) is 67.3 Å². The highest BCUT2D eigenvalue weighted by Gasteiger charge is 2.20. The molecule has 29 heavy (non-hydrogen) atoms. The van der Waals surface area contributed by atoms with Gasteiger partial charge in [-0.15, -0.1) is 0 Å². The Balaban J connectivity index is 1.87. The number of phenolic OH excluding ortho intramolecular Hbond substituents is 1. The number of halogens is 1. The molecule has 1 N–H and O–H groups in total. The van der Waals surface area contributed by atoms with E-state index in [-0.39, 0.29) is 5.75 Å². The fourth-order valence-electron chi connectivity index (χ4n) is 3.16. The van der Waals surface area contributed by atoms with Crippen molar-refractivity contribution in [3.8, 4) is 16.3 Å². The zero-order chi connectivity index (χ0) is 20.5. The van der Waals surface area contributed by atoms with E-state index < -0.39 is 0 Å². The third-order valence-electron chi connectivity index (χ3n) is 4.75. The van der Waals surface area contributed by atoms with Crippen molar-refractivity contribution in [2.24, 2.45) is 0 Å². The number of rotatable bonds is 4. The number of hydrogen-bond acceptors (Lipinski definition) is 4. The van der Waals surface area contributed by atoms with Crippen LogP contribution in [0.5, 0.6) is 5.75 Å². The van der Waals surface area contributed by atoms with Crippen LogP contribution in [0.25, 0.3) is 10.6 Å². The molecular weight excluding hydrogens is 400 g/mol. The van der Waals surface area contributed by atoms with Crippen molar-refractivity contribution in [3.63, 3.8) is 0 Å². The van der Waals surface area contributed by atoms with Crippen LogP contribution in [0.15, 0.2) is 66.7 Å². The van der Waals surface area contributed by atoms with Crippen LogP contribution in [0.1, 0.15) is 16.8 Å². The third kappa shape index (κ3) is 4.00. The van der Waals surface area contributed by atoms with E-state index in [9.17, 15) is 5.11 Å². The molecule has 5 heteroatoms. The van der Waals surface area contributed by atoms with Gasteiger partial charge in [0.1, 0.15) is 15.8 Å². The van der Waals surface area contributed by atoms with E-state index in [0.717, 1.165) is 27.1 Å². The SMILES string of the molecule is Cc1ccc(N(c2ccc(C)cc2)c2sc(-c3cc(Cl)ccc3O)nc2C)cc1. The van der Waals surface area contributed by atoms with Gasteiger partial charge in [0.25, 0.3) is 0 Å². The van der Waals surface area contributed by atoms with E-state index in [0.29, 0.717) is 10.6 Å². The molecule has 0 bridgehead atoms. The Morgan fingerprint density at radius 3 is 1.93 bits per heavy atom. The van der Waals surface area contributed by atoms with E-state index in [1.165, 1.54) is 22.5 Å². The summed E-state index contributed by atoms with van der Waals surface area (Å²) < 4.78 is 0. The summed E-state index contributed by atoms with van der Waals surface area (Å²) in [7, 11) is 0. The smallest absolute Gasteiger partial charge is 0.129 e. The topological polar surface area (TPSA) is 36.4 Å². The van der Waals surface area contributed by atoms with Gasteiger partial charge in [-0.05, 0) is 63.2 Å². The molecule has 3 nitrogen and oxygen atoms in total. The highest BCUT2D eigenvalue weighted by Crippen LogP contribution is 2.44. The predicted molar refractivity (Wildman–Crippen MR) is 123 cm³/mol. The number of anilines is 3. The Morgan fingerprint density at radius 2 is 1.38 bits per heavy atom. The number of aryl methyl sites for hydroxylation is 3. The number of phenols is 1. The normalized spacial score (nSPS) is 10.9. The lowest BCUT2D eigenvalue weighted by atomic mass is 10.1. The maximum absolute atomic E-state index is 10.3. The molecule has 0 radical (unpaired) electrons. The van der Waals surface area contributed by atoms with Crippen LogP contribution >= 0.6 is 22.9 Å². The lowest BCUT2D eigenvalue weighted by molar-refractivity contribution is 0.477. The quantitative estimate of drug-likeness (QED) is 0.370. The first-order valence-electron chi connectivity index (χ1n) is 9.32. The van der Waals surface area contributed by atoms with E-state index in [1.54, 1.807) is 18.2 Å². The van der Waals surface area contributed by atoms with Gasteiger partial charge in [0.05, 0.1) is 11.3 Å². The van der Waals surface area contributed by atoms with Crippen LogP contribution in [0.4, 0.5) is 16.4 Å². The molecule has 0 saturated carbocycles. The van der Waals surface area contributed by atoms with Gasteiger partial charge in [0.15, 0.2) is 0 Å². The molecule has 0 atom stereocenters. The molecule has 0 aliphatic rings. The lowest BCUT2D eigenvalue weighted by Crippen LogP contribution is -2.09. The summed E-state index contributed by atoms with van der Waals surface area (Å²) in [6.07, 6.45) is 0. The molecule has 4 rings (SSSR count). The average molecular weight is 421 g/mol. The standard InChI is InChI=1S/C24H21ClN2OS/c1-15-4-9-19(10-5-15)27(20-11-6-16(2)7-12-20)24-17(3)26-23(29-24)21-14-18(25)8-13-22(21)28/h4-14,28H,1-3H3. The van der Waals surface area contributed by atoms with Crippen LogP contribution in [0.3, 0.4) is 0 Å². The lowest BCUT2D eigenvalue weighted by Gasteiger charge is -2.24. The molecule has 3 aromatic carbocycles. The number of aromatic nitrogens is 1. The van der Waals surface area contributed by atoms with E-state index in [1.807, 2.05) is 6.92 Å². The highest BCUT2D eigenvalue weighted by atomic mass is 35.5. The van der Waals surface area contributed by atoms with Gasteiger partial charge < -0.3 is 10.0 Å². The first kappa shape index (κ1) is 19.5. The van der Waals surface area contributed by atoms with Crippen molar-refractivity contribution in [3.05, 3.63) is 88.6 Å². The van der Waals surface area contributed by atoms with Crippen molar-refractivity contribution in [1.82, 2.24) is 4.98 Å². The minimum absolute atomic E-state index is 0.173. The molecule has 1 heterocycles. The van der Waals surface area contributed by atoms with Gasteiger partial charge in [-0.3, -0.25) is 0 Å². The molecule has 0 unspecified atom stereocenters. The van der Waals surface area contributed by atoms with Gasteiger partial charge in [-0.25, -0.2) is 4.98 Å². The van der Waals surface area contributed by atoms with Crippen molar-refractivity contribution < 1.29 is 5.11 Å². The fourth-order valence-corrected chi connectivity index (χ4v) is 4.47. The Hall–Kier alpha value is -2.82. The number of nitrogens with zero attached hydrogens (tertiary/aromatic N) is 2. The average Bonchev–Trinajstić information content (AvgIpc) is 3.08. The highest BCUT2D eigenvalue weighted by molar-refractivity contribution is 7.19. The van der Waals surface area contributed by atoms with Crippen molar-refractivity contribution in [1.29, 1.82) is 0 Å². The van der Waals surface area contributed by atoms with Crippen molar-refractivity contribution in [2.45, 2.75) is 20.8 Å². The molecule has 4 aromatic rings. The molecule has 0 saturated heterocycles. The van der Waals surface area contributed by atoms with Crippen molar-refractivity contribution in [2.75, 3.05) is 4.90 Å². The first-order valence-corrected chi connectivity index (χ1v) is 10.5. The van der Waals surface area contributed by atoms with Gasteiger partial charge in [-0.2, -0.15) is 0 Å². The van der Waals surface area contributed by atoms with E-state index in [4.69, 9.17) is 16.6 Å². The molecule has 146 valence electrons. The summed E-state index contributed by atoms with van der Waals surface area (Å²) in [5.74, 6) is 0.173. The minimum Gasteiger partial charge on any atom is -0.507 e. The number of benzene rings is 3. The summed E-state index contributed by atoms with van der Waals surface area (Å²) >= 11 is 7.69. The maximum atomic E-state index is 10.3. The molecule has 0 aliphatic heterocycles. The summed E-state index contributed by atoms with van der Waals surface area (Å²) in [5.41, 5.74) is 6.09. The van der Waals surface area contributed by atoms with Gasteiger partial charge in [-0.1, -0.05) is 58.3 Å². The molecule has 0 fully saturated rings. The zero-order valence-electron chi connectivity index (χ0n) is 16.5. The number of aromatic hydroxyl groups is 1. The zero-order valence-corrected chi connectivity index (χ0v) is 18.1. The minimum atomic E-state index is 0.173. The van der Waals surface area contributed by atoms with Crippen molar-refractivity contribution >= 4 is 39.3 Å². The molecule has 0 amide bonds. The Kier molecular flexibility index (Phi) is 5.31.